The lowest BCUT2D eigenvalue weighted by Crippen LogP contribution is -2.43. The predicted molar refractivity (Wildman–Crippen MR) is 58.5 cm³/mol. The van der Waals surface area contributed by atoms with Crippen LogP contribution in [0.3, 0.4) is 0 Å². The van der Waals surface area contributed by atoms with E-state index < -0.39 is 0 Å². The third-order valence-corrected chi connectivity index (χ3v) is 2.77. The number of hydrogen-bond donors (Lipinski definition) is 1. The summed E-state index contributed by atoms with van der Waals surface area (Å²) in [6, 6.07) is 0.480. The van der Waals surface area contributed by atoms with Gasteiger partial charge in [-0.3, -0.25) is 9.58 Å². The van der Waals surface area contributed by atoms with Crippen LogP contribution in [0.2, 0.25) is 0 Å². The number of nitrogen functional groups attached to an aromatic ring is 1. The molecule has 1 aliphatic heterocycles. The first-order valence-electron chi connectivity index (χ1n) is 5.35. The molecular formula is C10H18N4O. The van der Waals surface area contributed by atoms with Gasteiger partial charge in [-0.1, -0.05) is 0 Å². The van der Waals surface area contributed by atoms with Gasteiger partial charge in [0.1, 0.15) is 0 Å². The van der Waals surface area contributed by atoms with Crippen LogP contribution in [0.1, 0.15) is 6.92 Å². The molecule has 1 aromatic rings. The number of hydrogen-bond acceptors (Lipinski definition) is 4. The van der Waals surface area contributed by atoms with E-state index in [-0.39, 0.29) is 0 Å². The SMILES string of the molecule is CC(Cn1cc(N)cn1)N1CCOCC1. The molecule has 1 fully saturated rings. The summed E-state index contributed by atoms with van der Waals surface area (Å²) in [5.41, 5.74) is 6.34. The molecule has 1 atom stereocenters. The van der Waals surface area contributed by atoms with Crippen LogP contribution in [-0.4, -0.2) is 47.0 Å². The van der Waals surface area contributed by atoms with E-state index >= 15 is 0 Å². The van der Waals surface area contributed by atoms with Crippen molar-refractivity contribution in [1.82, 2.24) is 14.7 Å². The van der Waals surface area contributed by atoms with E-state index in [0.717, 1.165) is 38.5 Å². The average molecular weight is 210 g/mol. The van der Waals surface area contributed by atoms with Crippen LogP contribution in [0.4, 0.5) is 5.69 Å². The summed E-state index contributed by atoms with van der Waals surface area (Å²) in [5, 5.41) is 4.18. The van der Waals surface area contributed by atoms with Crippen molar-refractivity contribution in [3.8, 4) is 0 Å². The maximum Gasteiger partial charge on any atom is 0.0719 e. The Kier molecular flexibility index (Phi) is 3.23. The van der Waals surface area contributed by atoms with E-state index in [1.54, 1.807) is 6.20 Å². The second-order valence-electron chi connectivity index (χ2n) is 3.99. The van der Waals surface area contributed by atoms with E-state index in [0.29, 0.717) is 6.04 Å². The fraction of sp³-hybridized carbons (Fsp3) is 0.700. The molecule has 1 saturated heterocycles. The van der Waals surface area contributed by atoms with Crippen LogP contribution in [-0.2, 0) is 11.3 Å². The van der Waals surface area contributed by atoms with Crippen molar-refractivity contribution in [3.05, 3.63) is 12.4 Å². The van der Waals surface area contributed by atoms with Gasteiger partial charge in [-0.15, -0.1) is 0 Å². The first kappa shape index (κ1) is 10.4. The van der Waals surface area contributed by atoms with Gasteiger partial charge < -0.3 is 10.5 Å². The highest BCUT2D eigenvalue weighted by Crippen LogP contribution is 2.07. The molecule has 1 aliphatic rings. The Balaban J connectivity index is 1.88. The summed E-state index contributed by atoms with van der Waals surface area (Å²) in [7, 11) is 0. The molecule has 0 aliphatic carbocycles. The number of ether oxygens (including phenoxy) is 1. The van der Waals surface area contributed by atoms with Crippen molar-refractivity contribution < 1.29 is 4.74 Å². The summed E-state index contributed by atoms with van der Waals surface area (Å²) >= 11 is 0. The number of aromatic nitrogens is 2. The van der Waals surface area contributed by atoms with E-state index in [4.69, 9.17) is 10.5 Å². The largest absolute Gasteiger partial charge is 0.396 e. The van der Waals surface area contributed by atoms with Gasteiger partial charge in [-0.25, -0.2) is 0 Å². The Bertz CT molecular complexity index is 306. The minimum Gasteiger partial charge on any atom is -0.396 e. The zero-order valence-corrected chi connectivity index (χ0v) is 9.09. The first-order chi connectivity index (χ1) is 7.25. The Morgan fingerprint density at radius 3 is 2.87 bits per heavy atom. The van der Waals surface area contributed by atoms with Gasteiger partial charge in [0.2, 0.25) is 0 Å². The Labute approximate surface area is 89.8 Å². The molecule has 0 bridgehead atoms. The fourth-order valence-electron chi connectivity index (χ4n) is 1.88. The third-order valence-electron chi connectivity index (χ3n) is 2.77. The van der Waals surface area contributed by atoms with Crippen molar-refractivity contribution in [1.29, 1.82) is 0 Å². The van der Waals surface area contributed by atoms with Crippen molar-refractivity contribution in [3.63, 3.8) is 0 Å². The molecule has 0 spiro atoms. The molecule has 0 saturated carbocycles. The lowest BCUT2D eigenvalue weighted by Gasteiger charge is -2.32. The molecule has 1 unspecified atom stereocenters. The number of morpholine rings is 1. The van der Waals surface area contributed by atoms with Gasteiger partial charge in [0.15, 0.2) is 0 Å². The molecule has 2 rings (SSSR count). The van der Waals surface area contributed by atoms with Crippen molar-refractivity contribution >= 4 is 5.69 Å². The van der Waals surface area contributed by atoms with Crippen LogP contribution < -0.4 is 5.73 Å². The van der Waals surface area contributed by atoms with Gasteiger partial charge >= 0.3 is 0 Å². The van der Waals surface area contributed by atoms with E-state index in [2.05, 4.69) is 16.9 Å². The quantitative estimate of drug-likeness (QED) is 0.773. The average Bonchev–Trinajstić information content (AvgIpc) is 2.65. The third kappa shape index (κ3) is 2.70. The standard InChI is InChI=1S/C10H18N4O/c1-9(13-2-4-15-5-3-13)7-14-8-10(11)6-12-14/h6,8-9H,2-5,7,11H2,1H3. The van der Waals surface area contributed by atoms with Crippen LogP contribution in [0.25, 0.3) is 0 Å². The monoisotopic (exact) mass is 210 g/mol. The number of anilines is 1. The zero-order chi connectivity index (χ0) is 10.7. The van der Waals surface area contributed by atoms with Gasteiger partial charge in [0.05, 0.1) is 31.6 Å². The van der Waals surface area contributed by atoms with Crippen molar-refractivity contribution in [2.24, 2.45) is 0 Å². The van der Waals surface area contributed by atoms with Gasteiger partial charge in [-0.2, -0.15) is 5.10 Å². The van der Waals surface area contributed by atoms with Crippen molar-refractivity contribution in [2.75, 3.05) is 32.0 Å². The van der Waals surface area contributed by atoms with E-state index in [9.17, 15) is 0 Å². The highest BCUT2D eigenvalue weighted by atomic mass is 16.5. The van der Waals surface area contributed by atoms with Crippen LogP contribution in [0.5, 0.6) is 0 Å². The molecule has 84 valence electrons. The topological polar surface area (TPSA) is 56.3 Å². The van der Waals surface area contributed by atoms with Gasteiger partial charge in [0, 0.05) is 25.3 Å². The van der Waals surface area contributed by atoms with E-state index in [1.807, 2.05) is 10.9 Å². The maximum atomic E-state index is 5.62. The molecule has 5 nitrogen and oxygen atoms in total. The van der Waals surface area contributed by atoms with Crippen LogP contribution >= 0.6 is 0 Å². The summed E-state index contributed by atoms with van der Waals surface area (Å²) in [5.74, 6) is 0. The highest BCUT2D eigenvalue weighted by molar-refractivity contribution is 5.30. The second-order valence-corrected chi connectivity index (χ2v) is 3.99. The highest BCUT2D eigenvalue weighted by Gasteiger charge is 2.17. The minimum atomic E-state index is 0.480. The predicted octanol–water partition coefficient (Wildman–Crippen LogP) is 0.186. The van der Waals surface area contributed by atoms with E-state index in [1.165, 1.54) is 0 Å². The van der Waals surface area contributed by atoms with Gasteiger partial charge in [-0.05, 0) is 6.92 Å². The summed E-state index contributed by atoms with van der Waals surface area (Å²) in [6.07, 6.45) is 3.56. The normalized spacial score (nSPS) is 20.3. The van der Waals surface area contributed by atoms with Crippen LogP contribution in [0, 0.1) is 0 Å². The molecule has 0 amide bonds. The maximum absolute atomic E-state index is 5.62. The Morgan fingerprint density at radius 1 is 1.53 bits per heavy atom. The molecule has 5 heteroatoms. The molecule has 1 aromatic heterocycles. The summed E-state index contributed by atoms with van der Waals surface area (Å²) in [6.45, 7) is 6.80. The smallest absolute Gasteiger partial charge is 0.0719 e. The molecule has 15 heavy (non-hydrogen) atoms. The summed E-state index contributed by atoms with van der Waals surface area (Å²) in [4.78, 5) is 2.42. The molecule has 0 radical (unpaired) electrons. The Hall–Kier alpha value is -1.07. The number of nitrogens with two attached hydrogens (primary N) is 1. The number of nitrogens with zero attached hydrogens (tertiary/aromatic N) is 3. The second kappa shape index (κ2) is 4.63. The first-order valence-corrected chi connectivity index (χ1v) is 5.35. The Morgan fingerprint density at radius 2 is 2.27 bits per heavy atom. The molecule has 2 N–H and O–H groups in total. The molecular weight excluding hydrogens is 192 g/mol. The fourth-order valence-corrected chi connectivity index (χ4v) is 1.88. The lowest BCUT2D eigenvalue weighted by molar-refractivity contribution is 0.0162. The van der Waals surface area contributed by atoms with Gasteiger partial charge in [0.25, 0.3) is 0 Å². The number of rotatable bonds is 3. The molecule has 0 aromatic carbocycles. The molecule has 2 heterocycles. The lowest BCUT2D eigenvalue weighted by atomic mass is 10.2. The van der Waals surface area contributed by atoms with Crippen molar-refractivity contribution in [2.45, 2.75) is 19.5 Å². The zero-order valence-electron chi connectivity index (χ0n) is 9.09. The van der Waals surface area contributed by atoms with Crippen LogP contribution in [0.15, 0.2) is 12.4 Å². The summed E-state index contributed by atoms with van der Waals surface area (Å²) < 4.78 is 7.22. The minimum absolute atomic E-state index is 0.480.